The Morgan fingerprint density at radius 1 is 0.690 bits per heavy atom. The zero-order valence-corrected chi connectivity index (χ0v) is 19.1. The lowest BCUT2D eigenvalue weighted by atomic mass is 9.80. The van der Waals surface area contributed by atoms with E-state index in [-0.39, 0.29) is 10.8 Å². The quantitative estimate of drug-likeness (QED) is 0.423. The highest BCUT2D eigenvalue weighted by atomic mass is 31.1. The van der Waals surface area contributed by atoms with Gasteiger partial charge in [0.25, 0.3) is 0 Å². The van der Waals surface area contributed by atoms with Crippen LogP contribution in [0, 0.1) is 0 Å². The van der Waals surface area contributed by atoms with Gasteiger partial charge in [-0.25, -0.2) is 4.52 Å². The van der Waals surface area contributed by atoms with Crippen LogP contribution in [0.2, 0.25) is 0 Å². The van der Waals surface area contributed by atoms with Crippen molar-refractivity contribution in [2.24, 2.45) is 0 Å². The van der Waals surface area contributed by atoms with Crippen LogP contribution in [0.1, 0.15) is 52.7 Å². The van der Waals surface area contributed by atoms with Crippen molar-refractivity contribution >= 4 is 13.3 Å². The highest BCUT2D eigenvalue weighted by Gasteiger charge is 2.30. The molecule has 2 nitrogen and oxygen atoms in total. The van der Waals surface area contributed by atoms with Gasteiger partial charge in [-0.05, 0) is 62.4 Å². The standard InChI is InChI=1S/C26H30O2P/c1-25(2,3)21-14-17-24(23(18-21)26(4,5)6)28-29(27)22-15-12-20(13-16-22)19-10-8-7-9-11-19/h7-18H,1-6H3/q+1. The number of hydrogen-bond acceptors (Lipinski definition) is 2. The first-order valence-electron chi connectivity index (χ1n) is 10.0. The minimum atomic E-state index is -1.98. The van der Waals surface area contributed by atoms with Crippen LogP contribution in [0.4, 0.5) is 0 Å². The van der Waals surface area contributed by atoms with Crippen LogP contribution in [0.3, 0.4) is 0 Å². The minimum absolute atomic E-state index is 0.0496. The third-order valence-corrected chi connectivity index (χ3v) is 6.10. The highest BCUT2D eigenvalue weighted by molar-refractivity contribution is 7.48. The molecule has 0 aromatic heterocycles. The van der Waals surface area contributed by atoms with Gasteiger partial charge in [0.2, 0.25) is 5.30 Å². The van der Waals surface area contributed by atoms with Crippen molar-refractivity contribution in [2.45, 2.75) is 52.4 Å². The number of benzene rings is 3. The molecular weight excluding hydrogens is 375 g/mol. The van der Waals surface area contributed by atoms with Gasteiger partial charge < -0.3 is 0 Å². The normalized spacial score (nSPS) is 12.6. The fourth-order valence-electron chi connectivity index (χ4n) is 3.21. The maximum Gasteiger partial charge on any atom is 0.597 e. The molecule has 0 spiro atoms. The molecule has 0 N–H and O–H groups in total. The van der Waals surface area contributed by atoms with Crippen LogP contribution < -0.4 is 9.83 Å². The molecule has 3 aromatic rings. The van der Waals surface area contributed by atoms with Gasteiger partial charge in [0.05, 0.1) is 0 Å². The van der Waals surface area contributed by atoms with Crippen LogP contribution >= 0.6 is 8.03 Å². The largest absolute Gasteiger partial charge is 0.597 e. The Morgan fingerprint density at radius 2 is 1.28 bits per heavy atom. The van der Waals surface area contributed by atoms with Crippen LogP contribution in [0.15, 0.2) is 72.8 Å². The summed E-state index contributed by atoms with van der Waals surface area (Å²) in [5.74, 6) is 0.693. The lowest BCUT2D eigenvalue weighted by molar-refractivity contribution is 0.492. The first kappa shape index (κ1) is 21.3. The van der Waals surface area contributed by atoms with Gasteiger partial charge >= 0.3 is 8.03 Å². The van der Waals surface area contributed by atoms with Crippen molar-refractivity contribution in [1.29, 1.82) is 0 Å². The van der Waals surface area contributed by atoms with Gasteiger partial charge in [0.1, 0.15) is 0 Å². The predicted molar refractivity (Wildman–Crippen MR) is 124 cm³/mol. The van der Waals surface area contributed by atoms with E-state index in [1.54, 1.807) is 0 Å². The molecule has 3 heteroatoms. The summed E-state index contributed by atoms with van der Waals surface area (Å²) in [5, 5.41) is 0.694. The number of hydrogen-bond donors (Lipinski definition) is 0. The summed E-state index contributed by atoms with van der Waals surface area (Å²) >= 11 is 0. The average molecular weight is 405 g/mol. The van der Waals surface area contributed by atoms with Crippen LogP contribution in [0.25, 0.3) is 11.1 Å². The molecule has 0 aliphatic rings. The first-order valence-corrected chi connectivity index (χ1v) is 11.2. The van der Waals surface area contributed by atoms with E-state index in [9.17, 15) is 4.57 Å². The average Bonchev–Trinajstić information content (AvgIpc) is 2.67. The SMILES string of the molecule is CC(C)(C)c1ccc(O[P+](=O)c2ccc(-c3ccccc3)cc2)c(C(C)(C)C)c1. The molecule has 0 fully saturated rings. The molecule has 0 bridgehead atoms. The molecule has 3 aromatic carbocycles. The van der Waals surface area contributed by atoms with E-state index in [2.05, 4.69) is 65.8 Å². The van der Waals surface area contributed by atoms with Gasteiger partial charge in [-0.2, -0.15) is 0 Å². The third kappa shape index (κ3) is 5.14. The first-order chi connectivity index (χ1) is 13.6. The third-order valence-electron chi connectivity index (χ3n) is 5.02. The van der Waals surface area contributed by atoms with Gasteiger partial charge in [0, 0.05) is 5.56 Å². The molecule has 0 heterocycles. The van der Waals surface area contributed by atoms with E-state index in [1.165, 1.54) is 5.56 Å². The Bertz CT molecular complexity index is 992. The van der Waals surface area contributed by atoms with Gasteiger partial charge in [-0.15, -0.1) is 0 Å². The summed E-state index contributed by atoms with van der Waals surface area (Å²) < 4.78 is 18.9. The summed E-state index contributed by atoms with van der Waals surface area (Å²) in [5.41, 5.74) is 4.51. The monoisotopic (exact) mass is 405 g/mol. The van der Waals surface area contributed by atoms with Crippen molar-refractivity contribution in [3.63, 3.8) is 0 Å². The zero-order valence-electron chi connectivity index (χ0n) is 18.2. The summed E-state index contributed by atoms with van der Waals surface area (Å²) in [6.07, 6.45) is 0. The van der Waals surface area contributed by atoms with Crippen molar-refractivity contribution < 1.29 is 9.09 Å². The summed E-state index contributed by atoms with van der Waals surface area (Å²) in [6.45, 7) is 13.1. The molecule has 150 valence electrons. The molecule has 0 amide bonds. The second-order valence-electron chi connectivity index (χ2n) is 9.47. The minimum Gasteiger partial charge on any atom is -0.250 e. The molecule has 0 radical (unpaired) electrons. The van der Waals surface area contributed by atoms with Crippen LogP contribution in [-0.2, 0) is 15.4 Å². The summed E-state index contributed by atoms with van der Waals surface area (Å²) in [4.78, 5) is 0. The fourth-order valence-corrected chi connectivity index (χ4v) is 4.05. The number of rotatable bonds is 4. The summed E-state index contributed by atoms with van der Waals surface area (Å²) in [7, 11) is -1.98. The lowest BCUT2D eigenvalue weighted by Crippen LogP contribution is -2.17. The molecular formula is C26H30O2P+. The van der Waals surface area contributed by atoms with Crippen molar-refractivity contribution in [2.75, 3.05) is 0 Å². The van der Waals surface area contributed by atoms with Crippen molar-refractivity contribution in [3.05, 3.63) is 83.9 Å². The van der Waals surface area contributed by atoms with E-state index in [0.29, 0.717) is 11.1 Å². The molecule has 0 saturated carbocycles. The summed E-state index contributed by atoms with van der Waals surface area (Å²) in [6, 6.07) is 24.2. The Balaban J connectivity index is 1.87. The zero-order chi connectivity index (χ0) is 21.2. The second kappa shape index (κ2) is 8.13. The van der Waals surface area contributed by atoms with Crippen molar-refractivity contribution in [3.8, 4) is 16.9 Å². The Labute approximate surface area is 175 Å². The van der Waals surface area contributed by atoms with Crippen LogP contribution in [-0.4, -0.2) is 0 Å². The smallest absolute Gasteiger partial charge is 0.250 e. The van der Waals surface area contributed by atoms with Gasteiger partial charge in [-0.1, -0.05) is 84.0 Å². The van der Waals surface area contributed by atoms with E-state index < -0.39 is 8.03 Å². The van der Waals surface area contributed by atoms with Crippen LogP contribution in [0.5, 0.6) is 5.75 Å². The molecule has 29 heavy (non-hydrogen) atoms. The molecule has 3 rings (SSSR count). The Hall–Kier alpha value is -2.44. The highest BCUT2D eigenvalue weighted by Crippen LogP contribution is 2.39. The van der Waals surface area contributed by atoms with Gasteiger partial charge in [-0.3, -0.25) is 0 Å². The van der Waals surface area contributed by atoms with Gasteiger partial charge in [0.15, 0.2) is 5.75 Å². The predicted octanol–water partition coefficient (Wildman–Crippen LogP) is 7.40. The van der Waals surface area contributed by atoms with Crippen molar-refractivity contribution in [1.82, 2.24) is 0 Å². The lowest BCUT2D eigenvalue weighted by Gasteiger charge is -2.25. The maximum absolute atomic E-state index is 12.9. The maximum atomic E-state index is 12.9. The Kier molecular flexibility index (Phi) is 5.96. The molecule has 0 saturated heterocycles. The van der Waals surface area contributed by atoms with E-state index in [0.717, 1.165) is 16.7 Å². The van der Waals surface area contributed by atoms with E-state index >= 15 is 0 Å². The molecule has 0 aliphatic carbocycles. The fraction of sp³-hybridized carbons (Fsp3) is 0.308. The Morgan fingerprint density at radius 3 is 1.83 bits per heavy atom. The second-order valence-corrected chi connectivity index (χ2v) is 10.7. The molecule has 1 atom stereocenters. The van der Waals surface area contributed by atoms with E-state index in [4.69, 9.17) is 4.52 Å². The topological polar surface area (TPSA) is 26.3 Å². The molecule has 0 aliphatic heterocycles. The van der Waals surface area contributed by atoms with E-state index in [1.807, 2.05) is 48.5 Å². The molecule has 1 unspecified atom stereocenters.